The molecule has 0 amide bonds. The van der Waals surface area contributed by atoms with E-state index in [0.717, 1.165) is 11.1 Å². The fourth-order valence-electron chi connectivity index (χ4n) is 1.37. The van der Waals surface area contributed by atoms with Crippen molar-refractivity contribution in [1.29, 1.82) is 0 Å². The standard InChI is InChI=1S/C10H11NOS/c1-7(12)4-8-2-3-10-9(5-8)11-6-13-10/h2-3,5-7,12H,4H2,1H3. The molecule has 1 heterocycles. The summed E-state index contributed by atoms with van der Waals surface area (Å²) in [5, 5.41) is 9.21. The average Bonchev–Trinajstić information content (AvgIpc) is 2.49. The van der Waals surface area contributed by atoms with Gasteiger partial charge < -0.3 is 5.11 Å². The van der Waals surface area contributed by atoms with Gasteiger partial charge >= 0.3 is 0 Å². The van der Waals surface area contributed by atoms with E-state index in [-0.39, 0.29) is 6.10 Å². The maximum absolute atomic E-state index is 9.21. The summed E-state index contributed by atoms with van der Waals surface area (Å²) >= 11 is 1.64. The monoisotopic (exact) mass is 193 g/mol. The number of aromatic nitrogens is 1. The van der Waals surface area contributed by atoms with Crippen LogP contribution in [0.5, 0.6) is 0 Å². The average molecular weight is 193 g/mol. The minimum absolute atomic E-state index is 0.281. The molecule has 0 bridgehead atoms. The molecule has 0 aliphatic heterocycles. The van der Waals surface area contributed by atoms with Gasteiger partial charge in [0, 0.05) is 0 Å². The van der Waals surface area contributed by atoms with Crippen LogP contribution in [0.2, 0.25) is 0 Å². The number of hydrogen-bond acceptors (Lipinski definition) is 3. The van der Waals surface area contributed by atoms with Gasteiger partial charge in [-0.15, -0.1) is 11.3 Å². The van der Waals surface area contributed by atoms with Crippen LogP contribution in [-0.2, 0) is 6.42 Å². The lowest BCUT2D eigenvalue weighted by atomic mass is 10.1. The van der Waals surface area contributed by atoms with Gasteiger partial charge in [0.15, 0.2) is 0 Å². The summed E-state index contributed by atoms with van der Waals surface area (Å²) in [6.45, 7) is 1.80. The second kappa shape index (κ2) is 3.44. The Hall–Kier alpha value is -0.930. The van der Waals surface area contributed by atoms with Gasteiger partial charge in [0.2, 0.25) is 0 Å². The molecule has 0 radical (unpaired) electrons. The van der Waals surface area contributed by atoms with Gasteiger partial charge in [-0.3, -0.25) is 0 Å². The van der Waals surface area contributed by atoms with Gasteiger partial charge in [0.1, 0.15) is 0 Å². The van der Waals surface area contributed by atoms with Crippen molar-refractivity contribution in [2.75, 3.05) is 0 Å². The third-order valence-corrected chi connectivity index (χ3v) is 2.74. The van der Waals surface area contributed by atoms with Crippen LogP contribution >= 0.6 is 11.3 Å². The molecule has 3 heteroatoms. The normalized spacial score (nSPS) is 13.4. The van der Waals surface area contributed by atoms with Crippen molar-refractivity contribution in [2.45, 2.75) is 19.4 Å². The van der Waals surface area contributed by atoms with E-state index in [1.165, 1.54) is 4.70 Å². The van der Waals surface area contributed by atoms with Crippen LogP contribution in [0.25, 0.3) is 10.2 Å². The van der Waals surface area contributed by atoms with Crippen LogP contribution in [0.4, 0.5) is 0 Å². The molecule has 2 aromatic rings. The molecule has 0 saturated carbocycles. The molecule has 2 rings (SSSR count). The van der Waals surface area contributed by atoms with Crippen LogP contribution in [-0.4, -0.2) is 16.2 Å². The predicted molar refractivity (Wildman–Crippen MR) is 55.0 cm³/mol. The van der Waals surface area contributed by atoms with Crippen molar-refractivity contribution in [2.24, 2.45) is 0 Å². The van der Waals surface area contributed by atoms with E-state index < -0.39 is 0 Å². The summed E-state index contributed by atoms with van der Waals surface area (Å²) in [6, 6.07) is 6.15. The van der Waals surface area contributed by atoms with Crippen LogP contribution in [0.15, 0.2) is 23.7 Å². The van der Waals surface area contributed by atoms with Crippen molar-refractivity contribution < 1.29 is 5.11 Å². The highest BCUT2D eigenvalue weighted by atomic mass is 32.1. The Bertz CT molecular complexity index is 408. The van der Waals surface area contributed by atoms with Gasteiger partial charge in [-0.05, 0) is 31.0 Å². The quantitative estimate of drug-likeness (QED) is 0.793. The SMILES string of the molecule is CC(O)Cc1ccc2scnc2c1. The minimum Gasteiger partial charge on any atom is -0.393 e. The first-order valence-electron chi connectivity index (χ1n) is 4.26. The number of aliphatic hydroxyl groups excluding tert-OH is 1. The fourth-order valence-corrected chi connectivity index (χ4v) is 2.03. The second-order valence-electron chi connectivity index (χ2n) is 3.21. The Balaban J connectivity index is 2.37. The topological polar surface area (TPSA) is 33.1 Å². The van der Waals surface area contributed by atoms with Crippen molar-refractivity contribution in [1.82, 2.24) is 4.98 Å². The molecule has 0 fully saturated rings. The third-order valence-electron chi connectivity index (χ3n) is 1.93. The van der Waals surface area contributed by atoms with Gasteiger partial charge in [0.05, 0.1) is 21.8 Å². The lowest BCUT2D eigenvalue weighted by Gasteiger charge is -2.03. The van der Waals surface area contributed by atoms with E-state index in [0.29, 0.717) is 6.42 Å². The lowest BCUT2D eigenvalue weighted by Crippen LogP contribution is -2.03. The number of benzene rings is 1. The molecule has 0 aliphatic rings. The molecule has 0 aliphatic carbocycles. The Morgan fingerprint density at radius 3 is 3.15 bits per heavy atom. The highest BCUT2D eigenvalue weighted by Crippen LogP contribution is 2.19. The van der Waals surface area contributed by atoms with Gasteiger partial charge in [-0.2, -0.15) is 0 Å². The molecule has 68 valence electrons. The van der Waals surface area contributed by atoms with Crippen LogP contribution in [0.1, 0.15) is 12.5 Å². The summed E-state index contributed by atoms with van der Waals surface area (Å²) in [5.74, 6) is 0. The Morgan fingerprint density at radius 2 is 2.38 bits per heavy atom. The number of fused-ring (bicyclic) bond motifs is 1. The molecule has 13 heavy (non-hydrogen) atoms. The van der Waals surface area contributed by atoms with Crippen LogP contribution in [0.3, 0.4) is 0 Å². The molecule has 1 aromatic heterocycles. The molecule has 1 unspecified atom stereocenters. The maximum atomic E-state index is 9.21. The molecule has 1 N–H and O–H groups in total. The number of hydrogen-bond donors (Lipinski definition) is 1. The third kappa shape index (κ3) is 1.87. The molecular formula is C10H11NOS. The highest BCUT2D eigenvalue weighted by Gasteiger charge is 2.01. The summed E-state index contributed by atoms with van der Waals surface area (Å²) in [6.07, 6.45) is 0.420. The summed E-state index contributed by atoms with van der Waals surface area (Å²) in [7, 11) is 0. The number of rotatable bonds is 2. The van der Waals surface area contributed by atoms with Gasteiger partial charge in [0.25, 0.3) is 0 Å². The largest absolute Gasteiger partial charge is 0.393 e. The lowest BCUT2D eigenvalue weighted by molar-refractivity contribution is 0.195. The predicted octanol–water partition coefficient (Wildman–Crippen LogP) is 2.22. The van der Waals surface area contributed by atoms with E-state index in [2.05, 4.69) is 11.1 Å². The molecule has 1 atom stereocenters. The van der Waals surface area contributed by atoms with Crippen LogP contribution < -0.4 is 0 Å². The Morgan fingerprint density at radius 1 is 1.54 bits per heavy atom. The zero-order valence-electron chi connectivity index (χ0n) is 7.40. The fraction of sp³-hybridized carbons (Fsp3) is 0.300. The summed E-state index contributed by atoms with van der Waals surface area (Å²) in [4.78, 5) is 4.22. The zero-order chi connectivity index (χ0) is 9.26. The first kappa shape index (κ1) is 8.66. The smallest absolute Gasteiger partial charge is 0.0814 e. The van der Waals surface area contributed by atoms with E-state index in [9.17, 15) is 5.11 Å². The number of thiazole rings is 1. The van der Waals surface area contributed by atoms with Crippen molar-refractivity contribution >= 4 is 21.6 Å². The van der Waals surface area contributed by atoms with Gasteiger partial charge in [-0.1, -0.05) is 6.07 Å². The molecule has 2 nitrogen and oxygen atoms in total. The highest BCUT2D eigenvalue weighted by molar-refractivity contribution is 7.16. The minimum atomic E-state index is -0.281. The Labute approximate surface area is 80.9 Å². The Kier molecular flexibility index (Phi) is 2.29. The van der Waals surface area contributed by atoms with Crippen molar-refractivity contribution in [3.63, 3.8) is 0 Å². The van der Waals surface area contributed by atoms with E-state index >= 15 is 0 Å². The van der Waals surface area contributed by atoms with Crippen molar-refractivity contribution in [3.05, 3.63) is 29.3 Å². The first-order valence-corrected chi connectivity index (χ1v) is 5.14. The first-order chi connectivity index (χ1) is 6.25. The number of aliphatic hydroxyl groups is 1. The van der Waals surface area contributed by atoms with E-state index in [1.807, 2.05) is 17.6 Å². The molecular weight excluding hydrogens is 182 g/mol. The number of nitrogens with zero attached hydrogens (tertiary/aromatic N) is 1. The molecule has 0 saturated heterocycles. The molecule has 1 aromatic carbocycles. The maximum Gasteiger partial charge on any atom is 0.0814 e. The van der Waals surface area contributed by atoms with Crippen LogP contribution in [0, 0.1) is 0 Å². The zero-order valence-corrected chi connectivity index (χ0v) is 8.21. The second-order valence-corrected chi connectivity index (χ2v) is 4.09. The van der Waals surface area contributed by atoms with Crippen molar-refractivity contribution in [3.8, 4) is 0 Å². The molecule has 0 spiro atoms. The van der Waals surface area contributed by atoms with E-state index in [1.54, 1.807) is 18.3 Å². The summed E-state index contributed by atoms with van der Waals surface area (Å²) < 4.78 is 1.20. The van der Waals surface area contributed by atoms with Gasteiger partial charge in [-0.25, -0.2) is 4.98 Å². The van der Waals surface area contributed by atoms with E-state index in [4.69, 9.17) is 0 Å². The summed E-state index contributed by atoms with van der Waals surface area (Å²) in [5.41, 5.74) is 4.02.